The van der Waals surface area contributed by atoms with Crippen molar-refractivity contribution in [1.29, 1.82) is 0 Å². The molecule has 0 aliphatic rings. The molecule has 130 valence electrons. The van der Waals surface area contributed by atoms with Crippen LogP contribution in [0, 0.1) is 17.0 Å². The highest BCUT2D eigenvalue weighted by Crippen LogP contribution is 2.25. The topological polar surface area (TPSA) is 95.7 Å². The van der Waals surface area contributed by atoms with Gasteiger partial charge in [-0.1, -0.05) is 29.8 Å². The summed E-state index contributed by atoms with van der Waals surface area (Å²) in [6.45, 7) is 3.34. The number of hydrogen-bond donors (Lipinski definition) is 0. The van der Waals surface area contributed by atoms with Gasteiger partial charge in [0.05, 0.1) is 12.0 Å². The molecule has 0 spiro atoms. The molecule has 7 heteroatoms. The number of nitro benzene ring substituents is 1. The summed E-state index contributed by atoms with van der Waals surface area (Å²) in [6, 6.07) is 10.4. The van der Waals surface area contributed by atoms with Crippen LogP contribution in [0.3, 0.4) is 0 Å². The molecule has 0 radical (unpaired) electrons. The summed E-state index contributed by atoms with van der Waals surface area (Å²) >= 11 is 0. The Kier molecular flexibility index (Phi) is 5.49. The standard InChI is InChI=1S/C18H17NO6/c1-11-4-6-13(7-5-11)17(20)12(2)25-18(21)15-10-14(19(22)23)8-9-16(15)24-3/h4-10,12H,1-3H3/t12-/m0/s1. The molecule has 2 aromatic rings. The summed E-state index contributed by atoms with van der Waals surface area (Å²) in [5, 5.41) is 10.9. The van der Waals surface area contributed by atoms with E-state index in [2.05, 4.69) is 0 Å². The number of non-ortho nitro benzene ring substituents is 1. The Labute approximate surface area is 144 Å². The first-order valence-electron chi connectivity index (χ1n) is 7.47. The molecule has 1 atom stereocenters. The quantitative estimate of drug-likeness (QED) is 0.345. The number of esters is 1. The third-order valence-electron chi connectivity index (χ3n) is 3.60. The zero-order chi connectivity index (χ0) is 18.6. The number of carbonyl (C=O) groups excluding carboxylic acids is 2. The van der Waals surface area contributed by atoms with E-state index in [0.717, 1.165) is 11.6 Å². The first-order chi connectivity index (χ1) is 11.8. The molecule has 7 nitrogen and oxygen atoms in total. The molecule has 25 heavy (non-hydrogen) atoms. The fourth-order valence-electron chi connectivity index (χ4n) is 2.20. The van der Waals surface area contributed by atoms with Gasteiger partial charge in [-0.25, -0.2) is 4.79 Å². The minimum absolute atomic E-state index is 0.111. The lowest BCUT2D eigenvalue weighted by atomic mass is 10.1. The van der Waals surface area contributed by atoms with Crippen LogP contribution in [0.25, 0.3) is 0 Å². The van der Waals surface area contributed by atoms with E-state index in [1.165, 1.54) is 26.2 Å². The van der Waals surface area contributed by atoms with Crippen molar-refractivity contribution < 1.29 is 24.0 Å². The molecule has 0 heterocycles. The summed E-state index contributed by atoms with van der Waals surface area (Å²) in [5.41, 5.74) is 1.03. The number of hydrogen-bond acceptors (Lipinski definition) is 6. The van der Waals surface area contributed by atoms with E-state index < -0.39 is 17.0 Å². The number of nitro groups is 1. The van der Waals surface area contributed by atoms with Gasteiger partial charge in [-0.05, 0) is 19.9 Å². The van der Waals surface area contributed by atoms with Crippen LogP contribution < -0.4 is 4.74 Å². The molecule has 0 bridgehead atoms. The second kappa shape index (κ2) is 7.57. The van der Waals surface area contributed by atoms with Gasteiger partial charge >= 0.3 is 5.97 Å². The number of ketones is 1. The van der Waals surface area contributed by atoms with E-state index in [1.807, 2.05) is 6.92 Å². The van der Waals surface area contributed by atoms with Crippen molar-refractivity contribution in [2.45, 2.75) is 20.0 Å². The van der Waals surface area contributed by atoms with Crippen molar-refractivity contribution in [2.75, 3.05) is 7.11 Å². The maximum atomic E-state index is 12.3. The molecule has 0 aromatic heterocycles. The van der Waals surface area contributed by atoms with Crippen molar-refractivity contribution in [3.05, 3.63) is 69.3 Å². The first kappa shape index (κ1) is 18.1. The number of Topliss-reactive ketones (excluding diaryl/α,β-unsaturated/α-hetero) is 1. The minimum Gasteiger partial charge on any atom is -0.496 e. The van der Waals surface area contributed by atoms with E-state index in [1.54, 1.807) is 24.3 Å². The average Bonchev–Trinajstić information content (AvgIpc) is 2.60. The van der Waals surface area contributed by atoms with Crippen LogP contribution in [0.4, 0.5) is 5.69 Å². The molecule has 2 aromatic carbocycles. The highest BCUT2D eigenvalue weighted by Gasteiger charge is 2.24. The van der Waals surface area contributed by atoms with Gasteiger partial charge in [-0.15, -0.1) is 0 Å². The molecular formula is C18H17NO6. The molecule has 0 saturated carbocycles. The van der Waals surface area contributed by atoms with Gasteiger partial charge in [0.2, 0.25) is 5.78 Å². The zero-order valence-corrected chi connectivity index (χ0v) is 14.0. The largest absolute Gasteiger partial charge is 0.496 e. The molecule has 0 saturated heterocycles. The third kappa shape index (κ3) is 4.20. The summed E-state index contributed by atoms with van der Waals surface area (Å²) in [4.78, 5) is 34.9. The molecule has 2 rings (SSSR count). The van der Waals surface area contributed by atoms with E-state index in [4.69, 9.17) is 9.47 Å². The summed E-state index contributed by atoms with van der Waals surface area (Å²) < 4.78 is 10.2. The number of nitrogens with zero attached hydrogens (tertiary/aromatic N) is 1. The summed E-state index contributed by atoms with van der Waals surface area (Å²) in [7, 11) is 1.33. The van der Waals surface area contributed by atoms with Crippen LogP contribution in [-0.4, -0.2) is 29.9 Å². The van der Waals surface area contributed by atoms with E-state index in [9.17, 15) is 19.7 Å². The van der Waals surface area contributed by atoms with Crippen molar-refractivity contribution in [3.8, 4) is 5.75 Å². The van der Waals surface area contributed by atoms with Crippen LogP contribution in [0.5, 0.6) is 5.75 Å². The Morgan fingerprint density at radius 1 is 1.12 bits per heavy atom. The second-order valence-electron chi connectivity index (χ2n) is 5.42. The predicted molar refractivity (Wildman–Crippen MR) is 90.0 cm³/mol. The zero-order valence-electron chi connectivity index (χ0n) is 14.0. The molecular weight excluding hydrogens is 326 g/mol. The van der Waals surface area contributed by atoms with Crippen LogP contribution in [-0.2, 0) is 4.74 Å². The monoisotopic (exact) mass is 343 g/mol. The first-order valence-corrected chi connectivity index (χ1v) is 7.47. The maximum Gasteiger partial charge on any atom is 0.342 e. The number of rotatable bonds is 6. The highest BCUT2D eigenvalue weighted by molar-refractivity contribution is 6.02. The highest BCUT2D eigenvalue weighted by atomic mass is 16.6. The van der Waals surface area contributed by atoms with Gasteiger partial charge in [0.15, 0.2) is 6.10 Å². The van der Waals surface area contributed by atoms with Gasteiger partial charge in [0.1, 0.15) is 11.3 Å². The van der Waals surface area contributed by atoms with Crippen LogP contribution in [0.15, 0.2) is 42.5 Å². The van der Waals surface area contributed by atoms with Gasteiger partial charge in [-0.3, -0.25) is 14.9 Å². The van der Waals surface area contributed by atoms with E-state index in [0.29, 0.717) is 5.56 Å². The molecule has 0 aliphatic carbocycles. The lowest BCUT2D eigenvalue weighted by molar-refractivity contribution is -0.384. The number of carbonyl (C=O) groups is 2. The number of aryl methyl sites for hydroxylation is 1. The smallest absolute Gasteiger partial charge is 0.342 e. The molecule has 0 N–H and O–H groups in total. The fraction of sp³-hybridized carbons (Fsp3) is 0.222. The van der Waals surface area contributed by atoms with Crippen molar-refractivity contribution in [1.82, 2.24) is 0 Å². The Hall–Kier alpha value is -3.22. The normalized spacial score (nSPS) is 11.5. The second-order valence-corrected chi connectivity index (χ2v) is 5.42. The third-order valence-corrected chi connectivity index (χ3v) is 3.60. The van der Waals surface area contributed by atoms with Gasteiger partial charge in [0.25, 0.3) is 5.69 Å². The van der Waals surface area contributed by atoms with Crippen molar-refractivity contribution in [3.63, 3.8) is 0 Å². The molecule has 0 amide bonds. The minimum atomic E-state index is -1.04. The van der Waals surface area contributed by atoms with Crippen molar-refractivity contribution >= 4 is 17.4 Å². The van der Waals surface area contributed by atoms with Crippen molar-refractivity contribution in [2.24, 2.45) is 0 Å². The van der Waals surface area contributed by atoms with Crippen LogP contribution >= 0.6 is 0 Å². The Balaban J connectivity index is 2.20. The summed E-state index contributed by atoms with van der Waals surface area (Å²) in [6.07, 6.45) is -1.04. The summed E-state index contributed by atoms with van der Waals surface area (Å²) in [5.74, 6) is -1.10. The van der Waals surface area contributed by atoms with Gasteiger partial charge in [0, 0.05) is 17.7 Å². The lowest BCUT2D eigenvalue weighted by Crippen LogP contribution is -2.24. The fourth-order valence-corrected chi connectivity index (χ4v) is 2.20. The van der Waals surface area contributed by atoms with Gasteiger partial charge < -0.3 is 9.47 Å². The van der Waals surface area contributed by atoms with Crippen LogP contribution in [0.2, 0.25) is 0 Å². The SMILES string of the molecule is COc1ccc([N+](=O)[O-])cc1C(=O)O[C@@H](C)C(=O)c1ccc(C)cc1. The average molecular weight is 343 g/mol. The maximum absolute atomic E-state index is 12.3. The number of ether oxygens (including phenoxy) is 2. The lowest BCUT2D eigenvalue weighted by Gasteiger charge is -2.14. The number of benzene rings is 2. The predicted octanol–water partition coefficient (Wildman–Crippen LogP) is 3.34. The molecule has 0 aliphatic heterocycles. The number of methoxy groups -OCH3 is 1. The molecule has 0 fully saturated rings. The molecule has 0 unspecified atom stereocenters. The Morgan fingerprint density at radius 3 is 2.32 bits per heavy atom. The van der Waals surface area contributed by atoms with Crippen LogP contribution in [0.1, 0.15) is 33.2 Å². The van der Waals surface area contributed by atoms with Gasteiger partial charge in [-0.2, -0.15) is 0 Å². The Morgan fingerprint density at radius 2 is 1.76 bits per heavy atom. The van der Waals surface area contributed by atoms with E-state index in [-0.39, 0.29) is 22.8 Å². The van der Waals surface area contributed by atoms with E-state index >= 15 is 0 Å². The Bertz CT molecular complexity index is 813.